The standard InChI is InChI=1S/C21H30N4O3/c26-20(16-24-12-10-23(11-13-24)15-17-5-4-14-28-17)22-18-6-1-2-7-19(18)25-9-3-8-21(25)27/h1-2,6-7,17H,3-5,8-16H2,(H,22,26). The van der Waals surface area contributed by atoms with Crippen LogP contribution in [0.3, 0.4) is 0 Å². The molecule has 2 amide bonds. The van der Waals surface area contributed by atoms with E-state index in [1.54, 1.807) is 4.90 Å². The fourth-order valence-electron chi connectivity index (χ4n) is 4.32. The van der Waals surface area contributed by atoms with E-state index in [0.29, 0.717) is 19.1 Å². The SMILES string of the molecule is O=C(CN1CCN(CC2CCCO2)CC1)Nc1ccccc1N1CCCC1=O. The molecule has 3 saturated heterocycles. The van der Waals surface area contributed by atoms with E-state index in [4.69, 9.17) is 4.74 Å². The summed E-state index contributed by atoms with van der Waals surface area (Å²) in [6.45, 7) is 6.76. The minimum Gasteiger partial charge on any atom is -0.377 e. The van der Waals surface area contributed by atoms with Crippen molar-refractivity contribution in [2.75, 3.05) is 62.6 Å². The van der Waals surface area contributed by atoms with Gasteiger partial charge in [0, 0.05) is 52.3 Å². The second-order valence-corrected chi connectivity index (χ2v) is 7.93. The Kier molecular flexibility index (Phi) is 6.24. The van der Waals surface area contributed by atoms with E-state index in [1.165, 1.54) is 12.8 Å². The first-order valence-corrected chi connectivity index (χ1v) is 10.4. The molecule has 0 aliphatic carbocycles. The first-order chi connectivity index (χ1) is 13.7. The predicted octanol–water partition coefficient (Wildman–Crippen LogP) is 1.55. The third kappa shape index (κ3) is 4.71. The third-order valence-corrected chi connectivity index (χ3v) is 5.86. The molecule has 0 bridgehead atoms. The Hall–Kier alpha value is -1.96. The molecule has 28 heavy (non-hydrogen) atoms. The molecule has 3 fully saturated rings. The summed E-state index contributed by atoms with van der Waals surface area (Å²) >= 11 is 0. The number of piperazine rings is 1. The zero-order valence-electron chi connectivity index (χ0n) is 16.4. The molecule has 4 rings (SSSR count). The lowest BCUT2D eigenvalue weighted by atomic mass is 10.2. The van der Waals surface area contributed by atoms with E-state index in [0.717, 1.165) is 63.7 Å². The van der Waals surface area contributed by atoms with Gasteiger partial charge in [-0.25, -0.2) is 0 Å². The van der Waals surface area contributed by atoms with E-state index in [1.807, 2.05) is 24.3 Å². The molecule has 1 aromatic carbocycles. The normalized spacial score (nSPS) is 24.1. The van der Waals surface area contributed by atoms with Gasteiger partial charge in [0.05, 0.1) is 24.0 Å². The van der Waals surface area contributed by atoms with Crippen LogP contribution in [-0.2, 0) is 14.3 Å². The number of amides is 2. The van der Waals surface area contributed by atoms with E-state index in [2.05, 4.69) is 15.1 Å². The van der Waals surface area contributed by atoms with Gasteiger partial charge in [-0.1, -0.05) is 12.1 Å². The number of hydrogen-bond acceptors (Lipinski definition) is 5. The van der Waals surface area contributed by atoms with Crippen LogP contribution >= 0.6 is 0 Å². The smallest absolute Gasteiger partial charge is 0.238 e. The second kappa shape index (κ2) is 9.03. The number of rotatable bonds is 6. The fraction of sp³-hybridized carbons (Fsp3) is 0.619. The summed E-state index contributed by atoms with van der Waals surface area (Å²) in [5.41, 5.74) is 1.53. The first-order valence-electron chi connectivity index (χ1n) is 10.4. The molecule has 152 valence electrons. The quantitative estimate of drug-likeness (QED) is 0.804. The van der Waals surface area contributed by atoms with Crippen LogP contribution in [0.25, 0.3) is 0 Å². The molecular weight excluding hydrogens is 356 g/mol. The number of nitrogens with zero attached hydrogens (tertiary/aromatic N) is 3. The maximum atomic E-state index is 12.6. The van der Waals surface area contributed by atoms with Gasteiger partial charge in [0.2, 0.25) is 11.8 Å². The minimum absolute atomic E-state index is 0.0216. The van der Waals surface area contributed by atoms with Crippen LogP contribution in [0, 0.1) is 0 Å². The fourth-order valence-corrected chi connectivity index (χ4v) is 4.32. The van der Waals surface area contributed by atoms with Crippen LogP contribution < -0.4 is 10.2 Å². The van der Waals surface area contributed by atoms with E-state index in [9.17, 15) is 9.59 Å². The van der Waals surface area contributed by atoms with Crippen molar-refractivity contribution in [1.82, 2.24) is 9.80 Å². The Balaban J connectivity index is 1.27. The van der Waals surface area contributed by atoms with Crippen molar-refractivity contribution < 1.29 is 14.3 Å². The molecule has 7 heteroatoms. The molecule has 0 aromatic heterocycles. The van der Waals surface area contributed by atoms with Crippen LogP contribution in [0.5, 0.6) is 0 Å². The topological polar surface area (TPSA) is 65.1 Å². The Morgan fingerprint density at radius 1 is 1.07 bits per heavy atom. The molecule has 7 nitrogen and oxygen atoms in total. The Morgan fingerprint density at radius 3 is 2.57 bits per heavy atom. The molecule has 0 spiro atoms. The van der Waals surface area contributed by atoms with Crippen molar-refractivity contribution in [2.45, 2.75) is 31.8 Å². The average Bonchev–Trinajstić information content (AvgIpc) is 3.35. The summed E-state index contributed by atoms with van der Waals surface area (Å²) in [5.74, 6) is 0.107. The summed E-state index contributed by atoms with van der Waals surface area (Å²) in [4.78, 5) is 31.1. The van der Waals surface area contributed by atoms with Crippen molar-refractivity contribution in [1.29, 1.82) is 0 Å². The monoisotopic (exact) mass is 386 g/mol. The highest BCUT2D eigenvalue weighted by Crippen LogP contribution is 2.29. The zero-order valence-corrected chi connectivity index (χ0v) is 16.4. The van der Waals surface area contributed by atoms with Gasteiger partial charge in [0.15, 0.2) is 0 Å². The van der Waals surface area contributed by atoms with Gasteiger partial charge in [-0.05, 0) is 31.4 Å². The van der Waals surface area contributed by atoms with Crippen molar-refractivity contribution in [3.63, 3.8) is 0 Å². The van der Waals surface area contributed by atoms with Gasteiger partial charge >= 0.3 is 0 Å². The van der Waals surface area contributed by atoms with Gasteiger partial charge < -0.3 is 15.0 Å². The van der Waals surface area contributed by atoms with E-state index >= 15 is 0 Å². The van der Waals surface area contributed by atoms with Crippen LogP contribution in [0.1, 0.15) is 25.7 Å². The maximum absolute atomic E-state index is 12.6. The number of para-hydroxylation sites is 2. The summed E-state index contributed by atoms with van der Waals surface area (Å²) < 4.78 is 5.73. The molecular formula is C21H30N4O3. The summed E-state index contributed by atoms with van der Waals surface area (Å²) in [6.07, 6.45) is 4.19. The summed E-state index contributed by atoms with van der Waals surface area (Å²) in [7, 11) is 0. The lowest BCUT2D eigenvalue weighted by Crippen LogP contribution is -2.50. The van der Waals surface area contributed by atoms with Crippen LogP contribution in [0.4, 0.5) is 11.4 Å². The van der Waals surface area contributed by atoms with Gasteiger partial charge in [0.1, 0.15) is 0 Å². The molecule has 0 radical (unpaired) electrons. The second-order valence-electron chi connectivity index (χ2n) is 7.93. The van der Waals surface area contributed by atoms with Crippen molar-refractivity contribution in [3.8, 4) is 0 Å². The number of carbonyl (C=O) groups excluding carboxylic acids is 2. The average molecular weight is 386 g/mol. The van der Waals surface area contributed by atoms with Crippen molar-refractivity contribution in [2.24, 2.45) is 0 Å². The number of ether oxygens (including phenoxy) is 1. The van der Waals surface area contributed by atoms with Crippen LogP contribution in [0.15, 0.2) is 24.3 Å². The van der Waals surface area contributed by atoms with Gasteiger partial charge in [-0.15, -0.1) is 0 Å². The number of benzene rings is 1. The Morgan fingerprint density at radius 2 is 1.86 bits per heavy atom. The highest BCUT2D eigenvalue weighted by Gasteiger charge is 2.26. The Bertz CT molecular complexity index is 697. The molecule has 3 aliphatic heterocycles. The number of carbonyl (C=O) groups is 2. The van der Waals surface area contributed by atoms with Crippen molar-refractivity contribution >= 4 is 23.2 Å². The van der Waals surface area contributed by atoms with Gasteiger partial charge in [-0.3, -0.25) is 19.4 Å². The molecule has 1 N–H and O–H groups in total. The molecule has 1 aromatic rings. The van der Waals surface area contributed by atoms with E-state index < -0.39 is 0 Å². The maximum Gasteiger partial charge on any atom is 0.238 e. The molecule has 3 aliphatic rings. The number of nitrogens with one attached hydrogen (secondary N) is 1. The predicted molar refractivity (Wildman–Crippen MR) is 109 cm³/mol. The lowest BCUT2D eigenvalue weighted by molar-refractivity contribution is -0.118. The number of hydrogen-bond donors (Lipinski definition) is 1. The third-order valence-electron chi connectivity index (χ3n) is 5.86. The summed E-state index contributed by atoms with van der Waals surface area (Å²) in [5, 5.41) is 3.02. The van der Waals surface area contributed by atoms with Gasteiger partial charge in [-0.2, -0.15) is 0 Å². The molecule has 3 heterocycles. The number of anilines is 2. The van der Waals surface area contributed by atoms with Crippen LogP contribution in [-0.4, -0.2) is 80.1 Å². The van der Waals surface area contributed by atoms with Crippen LogP contribution in [0.2, 0.25) is 0 Å². The summed E-state index contributed by atoms with van der Waals surface area (Å²) in [6, 6.07) is 7.58. The zero-order chi connectivity index (χ0) is 19.3. The molecule has 1 unspecified atom stereocenters. The van der Waals surface area contributed by atoms with Gasteiger partial charge in [0.25, 0.3) is 0 Å². The Labute approximate surface area is 166 Å². The van der Waals surface area contributed by atoms with E-state index in [-0.39, 0.29) is 11.8 Å². The highest BCUT2D eigenvalue weighted by atomic mass is 16.5. The first kappa shape index (κ1) is 19.4. The largest absolute Gasteiger partial charge is 0.377 e. The van der Waals surface area contributed by atoms with Crippen molar-refractivity contribution in [3.05, 3.63) is 24.3 Å². The molecule has 0 saturated carbocycles. The minimum atomic E-state index is -0.0216. The highest BCUT2D eigenvalue weighted by molar-refractivity contribution is 6.02. The lowest BCUT2D eigenvalue weighted by Gasteiger charge is -2.35. The molecule has 1 atom stereocenters.